The molecule has 1 aromatic carbocycles. The van der Waals surface area contributed by atoms with Crippen LogP contribution in [0.2, 0.25) is 0 Å². The van der Waals surface area contributed by atoms with Gasteiger partial charge in [0.15, 0.2) is 0 Å². The smallest absolute Gasteiger partial charge is 0.490 e. The van der Waals surface area contributed by atoms with Crippen LogP contribution in [0.3, 0.4) is 0 Å². The minimum Gasteiger partial charge on any atom is -0.497 e. The van der Waals surface area contributed by atoms with Crippen LogP contribution in [0.1, 0.15) is 61.1 Å². The number of likely N-dealkylation sites (N-methyl/N-ethyl adjacent to an activating group) is 1. The maximum atomic E-state index is 12.8. The SMILES string of the molecule is COc1ccc(CN2CCC3(CC2)CN(C)C(=O)c2cnc(C(C)(C)C)nc23)cc1.O=C(O)C(F)(F)F. The number of amides is 1. The molecule has 1 aromatic heterocycles. The second-order valence-corrected chi connectivity index (χ2v) is 10.6. The molecule has 3 heterocycles. The predicted molar refractivity (Wildman–Crippen MR) is 131 cm³/mol. The maximum absolute atomic E-state index is 12.8. The quantitative estimate of drug-likeness (QED) is 0.650. The summed E-state index contributed by atoms with van der Waals surface area (Å²) >= 11 is 0. The molecule has 11 heteroatoms. The van der Waals surface area contributed by atoms with Crippen LogP contribution in [-0.4, -0.2) is 76.7 Å². The summed E-state index contributed by atoms with van der Waals surface area (Å²) in [6, 6.07) is 8.30. The molecule has 1 fully saturated rings. The van der Waals surface area contributed by atoms with Crippen molar-refractivity contribution in [2.45, 2.75) is 57.2 Å². The van der Waals surface area contributed by atoms with Crippen molar-refractivity contribution in [3.05, 3.63) is 53.1 Å². The van der Waals surface area contributed by atoms with Gasteiger partial charge in [-0.3, -0.25) is 9.69 Å². The Morgan fingerprint density at radius 1 is 1.14 bits per heavy atom. The molecule has 2 aliphatic rings. The molecule has 0 atom stereocenters. The van der Waals surface area contributed by atoms with Gasteiger partial charge in [0.2, 0.25) is 0 Å². The van der Waals surface area contributed by atoms with E-state index in [1.54, 1.807) is 13.3 Å². The lowest BCUT2D eigenvalue weighted by Crippen LogP contribution is -2.54. The second-order valence-electron chi connectivity index (χ2n) is 10.6. The van der Waals surface area contributed by atoms with Crippen molar-refractivity contribution in [3.63, 3.8) is 0 Å². The number of ether oxygens (including phenoxy) is 1. The normalized spacial score (nSPS) is 17.6. The van der Waals surface area contributed by atoms with Crippen LogP contribution in [-0.2, 0) is 22.2 Å². The van der Waals surface area contributed by atoms with Gasteiger partial charge in [-0.2, -0.15) is 13.2 Å². The van der Waals surface area contributed by atoms with Gasteiger partial charge in [-0.15, -0.1) is 0 Å². The number of methoxy groups -OCH3 is 1. The van der Waals surface area contributed by atoms with Crippen LogP contribution in [0.15, 0.2) is 30.5 Å². The number of halogens is 3. The van der Waals surface area contributed by atoms with Gasteiger partial charge >= 0.3 is 12.1 Å². The number of nitrogens with zero attached hydrogens (tertiary/aromatic N) is 4. The first-order chi connectivity index (χ1) is 17.2. The average Bonchev–Trinajstić information content (AvgIpc) is 2.83. The topological polar surface area (TPSA) is 95.9 Å². The molecule has 1 spiro atoms. The molecule has 0 aliphatic carbocycles. The molecular formula is C26H33F3N4O4. The zero-order chi connectivity index (χ0) is 27.6. The zero-order valence-corrected chi connectivity index (χ0v) is 21.7. The molecule has 37 heavy (non-hydrogen) atoms. The van der Waals surface area contributed by atoms with E-state index in [-0.39, 0.29) is 16.7 Å². The van der Waals surface area contributed by atoms with Crippen molar-refractivity contribution >= 4 is 11.9 Å². The number of hydrogen-bond donors (Lipinski definition) is 1. The molecule has 0 bridgehead atoms. The first-order valence-electron chi connectivity index (χ1n) is 12.0. The fourth-order valence-corrected chi connectivity index (χ4v) is 4.63. The number of carboxylic acids is 1. The highest BCUT2D eigenvalue weighted by atomic mass is 19.4. The van der Waals surface area contributed by atoms with Crippen LogP contribution < -0.4 is 4.74 Å². The third-order valence-electron chi connectivity index (χ3n) is 6.70. The zero-order valence-electron chi connectivity index (χ0n) is 21.7. The molecule has 1 N–H and O–H groups in total. The van der Waals surface area contributed by atoms with E-state index in [2.05, 4.69) is 42.8 Å². The third kappa shape index (κ3) is 6.57. The third-order valence-corrected chi connectivity index (χ3v) is 6.70. The Morgan fingerprint density at radius 2 is 1.70 bits per heavy atom. The van der Waals surface area contributed by atoms with Gasteiger partial charge in [0, 0.05) is 37.2 Å². The average molecular weight is 523 g/mol. The van der Waals surface area contributed by atoms with Crippen molar-refractivity contribution in [1.29, 1.82) is 0 Å². The standard InChI is InChI=1S/C24H32N4O2.C2HF3O2/c1-23(2,3)22-25-14-19-20(26-22)24(16-27(4)21(19)29)10-12-28(13-11-24)15-17-6-8-18(30-5)9-7-17;3-2(4,5)1(6)7/h6-9,14H,10-13,15-16H2,1-5H3;(H,6,7). The number of fused-ring (bicyclic) bond motifs is 2. The van der Waals surface area contributed by atoms with Crippen LogP contribution in [0, 0.1) is 0 Å². The lowest BCUT2D eigenvalue weighted by atomic mass is 9.71. The van der Waals surface area contributed by atoms with Gasteiger partial charge in [-0.05, 0) is 43.6 Å². The summed E-state index contributed by atoms with van der Waals surface area (Å²) in [5, 5.41) is 7.12. The summed E-state index contributed by atoms with van der Waals surface area (Å²) < 4.78 is 37.0. The van der Waals surface area contributed by atoms with Crippen LogP contribution in [0.5, 0.6) is 5.75 Å². The molecule has 1 amide bonds. The highest BCUT2D eigenvalue weighted by Gasteiger charge is 2.46. The monoisotopic (exact) mass is 522 g/mol. The molecule has 4 rings (SSSR count). The Labute approximate surface area is 214 Å². The van der Waals surface area contributed by atoms with E-state index in [9.17, 15) is 18.0 Å². The van der Waals surface area contributed by atoms with E-state index in [1.807, 2.05) is 24.1 Å². The number of aromatic nitrogens is 2. The Morgan fingerprint density at radius 3 is 2.19 bits per heavy atom. The summed E-state index contributed by atoms with van der Waals surface area (Å²) in [4.78, 5) is 35.5. The minimum absolute atomic E-state index is 0.0387. The number of hydrogen-bond acceptors (Lipinski definition) is 6. The van der Waals surface area contributed by atoms with E-state index in [4.69, 9.17) is 19.6 Å². The number of benzene rings is 1. The lowest BCUT2D eigenvalue weighted by molar-refractivity contribution is -0.192. The summed E-state index contributed by atoms with van der Waals surface area (Å²) in [5.74, 6) is -1.01. The number of carboxylic acid groups (broad SMARTS) is 1. The molecule has 8 nitrogen and oxygen atoms in total. The number of carbonyl (C=O) groups is 2. The predicted octanol–water partition coefficient (Wildman–Crippen LogP) is 4.04. The largest absolute Gasteiger partial charge is 0.497 e. The molecule has 1 saturated heterocycles. The van der Waals surface area contributed by atoms with Gasteiger partial charge in [-0.25, -0.2) is 14.8 Å². The molecule has 0 saturated carbocycles. The van der Waals surface area contributed by atoms with E-state index < -0.39 is 12.1 Å². The second kappa shape index (κ2) is 10.6. The number of alkyl halides is 3. The highest BCUT2D eigenvalue weighted by Crippen LogP contribution is 2.41. The summed E-state index contributed by atoms with van der Waals surface area (Å²) in [7, 11) is 3.59. The van der Waals surface area contributed by atoms with Gasteiger partial charge in [0.1, 0.15) is 11.6 Å². The molecule has 2 aromatic rings. The van der Waals surface area contributed by atoms with E-state index >= 15 is 0 Å². The Kier molecular flexibility index (Phi) is 8.16. The van der Waals surface area contributed by atoms with Gasteiger partial charge in [0.05, 0.1) is 18.4 Å². The fraction of sp³-hybridized carbons (Fsp3) is 0.538. The Balaban J connectivity index is 0.000000479. The maximum Gasteiger partial charge on any atom is 0.490 e. The van der Waals surface area contributed by atoms with Gasteiger partial charge < -0.3 is 14.7 Å². The molecule has 202 valence electrons. The molecule has 2 aliphatic heterocycles. The number of likely N-dealkylation sites (tertiary alicyclic amines) is 1. The van der Waals surface area contributed by atoms with Crippen molar-refractivity contribution in [3.8, 4) is 5.75 Å². The van der Waals surface area contributed by atoms with Crippen LogP contribution >= 0.6 is 0 Å². The lowest BCUT2D eigenvalue weighted by Gasteiger charge is -2.46. The molecular weight excluding hydrogens is 489 g/mol. The Bertz CT molecular complexity index is 1120. The van der Waals surface area contributed by atoms with E-state index in [1.165, 1.54) is 5.56 Å². The van der Waals surface area contributed by atoms with Crippen molar-refractivity contribution in [2.75, 3.05) is 33.8 Å². The van der Waals surface area contributed by atoms with Gasteiger partial charge in [0.25, 0.3) is 5.91 Å². The Hall–Kier alpha value is -3.21. The minimum atomic E-state index is -5.08. The first kappa shape index (κ1) is 28.4. The number of aliphatic carboxylic acids is 1. The molecule has 0 unspecified atom stereocenters. The summed E-state index contributed by atoms with van der Waals surface area (Å²) in [6.07, 6.45) is -1.34. The van der Waals surface area contributed by atoms with Crippen molar-refractivity contribution in [1.82, 2.24) is 19.8 Å². The van der Waals surface area contributed by atoms with Crippen molar-refractivity contribution in [2.24, 2.45) is 0 Å². The summed E-state index contributed by atoms with van der Waals surface area (Å²) in [5.41, 5.74) is 2.71. The van der Waals surface area contributed by atoms with E-state index in [0.717, 1.165) is 56.3 Å². The number of carbonyl (C=O) groups excluding carboxylic acids is 1. The number of rotatable bonds is 3. The highest BCUT2D eigenvalue weighted by molar-refractivity contribution is 5.96. The van der Waals surface area contributed by atoms with Crippen LogP contribution in [0.25, 0.3) is 0 Å². The summed E-state index contributed by atoms with van der Waals surface area (Å²) in [6.45, 7) is 10.0. The van der Waals surface area contributed by atoms with Gasteiger partial charge in [-0.1, -0.05) is 32.9 Å². The first-order valence-corrected chi connectivity index (χ1v) is 12.0. The van der Waals surface area contributed by atoms with Crippen molar-refractivity contribution < 1.29 is 32.6 Å². The molecule has 0 radical (unpaired) electrons. The number of piperidine rings is 1. The van der Waals surface area contributed by atoms with Crippen LogP contribution in [0.4, 0.5) is 13.2 Å². The fourth-order valence-electron chi connectivity index (χ4n) is 4.63. The van der Waals surface area contributed by atoms with E-state index in [0.29, 0.717) is 5.56 Å².